The molecular formula is C31H30N2O5. The molecule has 1 fully saturated rings. The fraction of sp³-hybridized carbons (Fsp3) is 0.258. The van der Waals surface area contributed by atoms with Crippen LogP contribution in [0.3, 0.4) is 0 Å². The molecule has 0 unspecified atom stereocenters. The number of carbonyl (C=O) groups is 1. The maximum absolute atomic E-state index is 13.2. The molecule has 1 saturated heterocycles. The molecule has 0 spiro atoms. The predicted molar refractivity (Wildman–Crippen MR) is 144 cm³/mol. The SMILES string of the molecule is Cc1cc(O)c(CN2CCN(Cc3ccc4c(c3)OCO4)CC2)c2c1C(=O)/C(=C/C=C/c1ccccc1)O2. The minimum absolute atomic E-state index is 0.148. The van der Waals surface area contributed by atoms with Crippen LogP contribution >= 0.6 is 0 Å². The smallest absolute Gasteiger partial charge is 0.232 e. The van der Waals surface area contributed by atoms with Crippen molar-refractivity contribution in [3.63, 3.8) is 0 Å². The summed E-state index contributed by atoms with van der Waals surface area (Å²) in [4.78, 5) is 17.9. The second-order valence-corrected chi connectivity index (χ2v) is 9.87. The van der Waals surface area contributed by atoms with Crippen molar-refractivity contribution in [3.05, 3.63) is 100 Å². The Bertz CT molecular complexity index is 1420. The maximum atomic E-state index is 13.2. The van der Waals surface area contributed by atoms with Gasteiger partial charge in [0.2, 0.25) is 12.6 Å². The van der Waals surface area contributed by atoms with Crippen LogP contribution in [0.2, 0.25) is 0 Å². The number of phenolic OH excluding ortho intramolecular Hbond substituents is 1. The average molecular weight is 511 g/mol. The van der Waals surface area contributed by atoms with Gasteiger partial charge in [0.1, 0.15) is 11.5 Å². The van der Waals surface area contributed by atoms with Crippen molar-refractivity contribution in [1.29, 1.82) is 0 Å². The van der Waals surface area contributed by atoms with Crippen LogP contribution in [-0.2, 0) is 13.1 Å². The second-order valence-electron chi connectivity index (χ2n) is 9.87. The van der Waals surface area contributed by atoms with E-state index in [9.17, 15) is 9.90 Å². The Kier molecular flexibility index (Phi) is 6.62. The molecule has 0 atom stereocenters. The lowest BCUT2D eigenvalue weighted by Gasteiger charge is -2.35. The van der Waals surface area contributed by atoms with Crippen LogP contribution in [0.1, 0.15) is 32.6 Å². The van der Waals surface area contributed by atoms with Crippen molar-refractivity contribution in [2.45, 2.75) is 20.0 Å². The zero-order chi connectivity index (χ0) is 26.1. The third-order valence-electron chi connectivity index (χ3n) is 7.25. The number of phenols is 1. The lowest BCUT2D eigenvalue weighted by Crippen LogP contribution is -2.45. The predicted octanol–water partition coefficient (Wildman–Crippen LogP) is 4.92. The number of hydrogen-bond donors (Lipinski definition) is 1. The zero-order valence-corrected chi connectivity index (χ0v) is 21.4. The third kappa shape index (κ3) is 4.90. The van der Waals surface area contributed by atoms with Crippen LogP contribution in [0.15, 0.2) is 72.5 Å². The summed E-state index contributed by atoms with van der Waals surface area (Å²) in [6, 6.07) is 17.7. The summed E-state index contributed by atoms with van der Waals surface area (Å²) in [5.74, 6) is 2.38. The number of rotatable bonds is 6. The van der Waals surface area contributed by atoms with Gasteiger partial charge >= 0.3 is 0 Å². The van der Waals surface area contributed by atoms with Crippen molar-refractivity contribution in [1.82, 2.24) is 9.80 Å². The van der Waals surface area contributed by atoms with E-state index in [0.29, 0.717) is 23.4 Å². The van der Waals surface area contributed by atoms with Crippen molar-refractivity contribution < 1.29 is 24.1 Å². The highest BCUT2D eigenvalue weighted by Gasteiger charge is 2.33. The number of allylic oxidation sites excluding steroid dienone is 3. The number of fused-ring (bicyclic) bond motifs is 2. The maximum Gasteiger partial charge on any atom is 0.232 e. The van der Waals surface area contributed by atoms with Gasteiger partial charge in [-0.05, 0) is 47.9 Å². The van der Waals surface area contributed by atoms with E-state index in [0.717, 1.165) is 55.3 Å². The van der Waals surface area contributed by atoms with Crippen LogP contribution in [0.5, 0.6) is 23.0 Å². The van der Waals surface area contributed by atoms with Gasteiger partial charge in [0.05, 0.1) is 11.1 Å². The molecule has 1 N–H and O–H groups in total. The molecule has 0 saturated carbocycles. The number of aryl methyl sites for hydroxylation is 1. The molecule has 0 bridgehead atoms. The van der Waals surface area contributed by atoms with Gasteiger partial charge in [-0.15, -0.1) is 0 Å². The van der Waals surface area contributed by atoms with Crippen molar-refractivity contribution in [3.8, 4) is 23.0 Å². The van der Waals surface area contributed by atoms with Crippen LogP contribution < -0.4 is 14.2 Å². The van der Waals surface area contributed by atoms with Crippen LogP contribution in [0, 0.1) is 6.92 Å². The lowest BCUT2D eigenvalue weighted by molar-refractivity contribution is 0.101. The number of ketones is 1. The molecule has 0 amide bonds. The first kappa shape index (κ1) is 24.3. The molecule has 6 rings (SSSR count). The average Bonchev–Trinajstić information content (AvgIpc) is 3.52. The fourth-order valence-electron chi connectivity index (χ4n) is 5.18. The quantitative estimate of drug-likeness (QED) is 0.472. The number of hydrogen-bond acceptors (Lipinski definition) is 7. The Balaban J connectivity index is 1.12. The van der Waals surface area contributed by atoms with Gasteiger partial charge in [-0.1, -0.05) is 48.6 Å². The first-order valence-electron chi connectivity index (χ1n) is 12.9. The molecule has 0 radical (unpaired) electrons. The van der Waals surface area contributed by atoms with E-state index in [2.05, 4.69) is 21.9 Å². The molecule has 3 aliphatic rings. The van der Waals surface area contributed by atoms with Gasteiger partial charge < -0.3 is 19.3 Å². The van der Waals surface area contributed by atoms with E-state index in [1.807, 2.05) is 55.5 Å². The van der Waals surface area contributed by atoms with Gasteiger partial charge in [-0.2, -0.15) is 0 Å². The molecular weight excluding hydrogens is 480 g/mol. The standard InChI is InChI=1S/C31H30N2O5/c1-21-16-25(34)24(31-29(21)30(35)27(38-31)9-5-8-22-6-3-2-4-7-22)19-33-14-12-32(13-15-33)18-23-10-11-26-28(17-23)37-20-36-26/h2-11,16-17,34H,12-15,18-20H2,1H3/b8-5+,27-9-. The van der Waals surface area contributed by atoms with Gasteiger partial charge in [-0.3, -0.25) is 14.6 Å². The molecule has 3 aliphatic heterocycles. The van der Waals surface area contributed by atoms with E-state index in [-0.39, 0.29) is 24.1 Å². The first-order valence-corrected chi connectivity index (χ1v) is 12.9. The third-order valence-corrected chi connectivity index (χ3v) is 7.25. The van der Waals surface area contributed by atoms with E-state index >= 15 is 0 Å². The van der Waals surface area contributed by atoms with Crippen LogP contribution in [0.25, 0.3) is 6.08 Å². The Morgan fingerprint density at radius 1 is 0.921 bits per heavy atom. The lowest BCUT2D eigenvalue weighted by atomic mass is 9.99. The summed E-state index contributed by atoms with van der Waals surface area (Å²) >= 11 is 0. The molecule has 3 aromatic carbocycles. The minimum Gasteiger partial charge on any atom is -0.507 e. The highest BCUT2D eigenvalue weighted by molar-refractivity contribution is 6.14. The Morgan fingerprint density at radius 3 is 2.45 bits per heavy atom. The van der Waals surface area contributed by atoms with E-state index in [4.69, 9.17) is 14.2 Å². The Morgan fingerprint density at radius 2 is 1.66 bits per heavy atom. The molecule has 0 aliphatic carbocycles. The van der Waals surface area contributed by atoms with Crippen LogP contribution in [-0.4, -0.2) is 53.7 Å². The number of benzene rings is 3. The highest BCUT2D eigenvalue weighted by Crippen LogP contribution is 2.42. The van der Waals surface area contributed by atoms with E-state index in [1.165, 1.54) is 5.56 Å². The zero-order valence-electron chi connectivity index (χ0n) is 21.4. The number of Topliss-reactive ketones (excluding diaryl/α,β-unsaturated/α-hetero) is 1. The van der Waals surface area contributed by atoms with Crippen molar-refractivity contribution in [2.75, 3.05) is 33.0 Å². The molecule has 194 valence electrons. The summed E-state index contributed by atoms with van der Waals surface area (Å²) in [5, 5.41) is 10.8. The summed E-state index contributed by atoms with van der Waals surface area (Å²) in [5.41, 5.74) is 4.16. The molecule has 38 heavy (non-hydrogen) atoms. The second kappa shape index (κ2) is 10.4. The van der Waals surface area contributed by atoms with E-state index < -0.39 is 0 Å². The number of ether oxygens (including phenoxy) is 3. The summed E-state index contributed by atoms with van der Waals surface area (Å²) < 4.78 is 17.0. The van der Waals surface area contributed by atoms with Gasteiger partial charge in [0.25, 0.3) is 0 Å². The Hall–Kier alpha value is -4.07. The van der Waals surface area contributed by atoms with Gasteiger partial charge in [0.15, 0.2) is 17.3 Å². The molecule has 3 heterocycles. The fourth-order valence-corrected chi connectivity index (χ4v) is 5.18. The number of aromatic hydroxyl groups is 1. The Labute approximate surface area is 222 Å². The summed E-state index contributed by atoms with van der Waals surface area (Å²) in [6.45, 7) is 6.99. The van der Waals surface area contributed by atoms with Crippen LogP contribution in [0.4, 0.5) is 0 Å². The van der Waals surface area contributed by atoms with Gasteiger partial charge in [-0.25, -0.2) is 0 Å². The number of nitrogens with zero attached hydrogens (tertiary/aromatic N) is 2. The summed E-state index contributed by atoms with van der Waals surface area (Å²) in [7, 11) is 0. The van der Waals surface area contributed by atoms with Crippen molar-refractivity contribution in [2.24, 2.45) is 0 Å². The van der Waals surface area contributed by atoms with Gasteiger partial charge in [0, 0.05) is 39.3 Å². The molecule has 0 aromatic heterocycles. The number of piperazine rings is 1. The topological polar surface area (TPSA) is 71.5 Å². The summed E-state index contributed by atoms with van der Waals surface area (Å²) in [6.07, 6.45) is 5.45. The number of carbonyl (C=O) groups excluding carboxylic acids is 1. The molecule has 7 heteroatoms. The first-order chi connectivity index (χ1) is 18.5. The van der Waals surface area contributed by atoms with E-state index in [1.54, 1.807) is 12.1 Å². The van der Waals surface area contributed by atoms with Crippen molar-refractivity contribution >= 4 is 11.9 Å². The monoisotopic (exact) mass is 510 g/mol. The molecule has 7 nitrogen and oxygen atoms in total. The molecule has 3 aromatic rings. The highest BCUT2D eigenvalue weighted by atomic mass is 16.7. The minimum atomic E-state index is -0.148. The largest absolute Gasteiger partial charge is 0.507 e. The normalized spacial score (nSPS) is 18.3.